The summed E-state index contributed by atoms with van der Waals surface area (Å²) in [5.41, 5.74) is 0.641. The third-order valence-electron chi connectivity index (χ3n) is 3.16. The summed E-state index contributed by atoms with van der Waals surface area (Å²) in [5.74, 6) is 0.0626. The first kappa shape index (κ1) is 12.0. The van der Waals surface area contributed by atoms with Crippen molar-refractivity contribution in [2.75, 3.05) is 13.7 Å². The summed E-state index contributed by atoms with van der Waals surface area (Å²) in [4.78, 5) is 15.6. The van der Waals surface area contributed by atoms with Crippen molar-refractivity contribution in [1.29, 1.82) is 0 Å². The van der Waals surface area contributed by atoms with Gasteiger partial charge in [-0.3, -0.25) is 4.79 Å². The number of carbonyl (C=O) groups excluding carboxylic acids is 1. The number of pyridine rings is 1. The first-order valence-corrected chi connectivity index (χ1v) is 5.95. The Morgan fingerprint density at radius 2 is 2.26 bits per heavy atom. The highest BCUT2D eigenvalue weighted by Crippen LogP contribution is 2.31. The van der Waals surface area contributed by atoms with E-state index in [1.807, 2.05) is 0 Å². The third kappa shape index (κ3) is 2.17. The Bertz CT molecular complexity index is 656. The fourth-order valence-corrected chi connectivity index (χ4v) is 2.24. The molecular weight excluding hydrogens is 249 g/mol. The zero-order chi connectivity index (χ0) is 13.4. The lowest BCUT2D eigenvalue weighted by Gasteiger charge is -2.12. The number of hydrogen-bond donors (Lipinski definition) is 0. The fourth-order valence-electron chi connectivity index (χ4n) is 2.24. The van der Waals surface area contributed by atoms with E-state index in [0.29, 0.717) is 23.4 Å². The highest BCUT2D eigenvalue weighted by Gasteiger charge is 2.26. The van der Waals surface area contributed by atoms with Crippen LogP contribution in [0.4, 0.5) is 4.39 Å². The van der Waals surface area contributed by atoms with Gasteiger partial charge in [0, 0.05) is 11.8 Å². The van der Waals surface area contributed by atoms with Gasteiger partial charge in [0.25, 0.3) is 0 Å². The van der Waals surface area contributed by atoms with Crippen molar-refractivity contribution in [3.63, 3.8) is 0 Å². The highest BCUT2D eigenvalue weighted by atomic mass is 19.1. The van der Waals surface area contributed by atoms with Crippen LogP contribution in [-0.2, 0) is 9.53 Å². The average Bonchev–Trinajstić information content (AvgIpc) is 2.84. The SMILES string of the molecule is COc1nc(C2CC(=O)CO2)cc2ccc(F)cc12. The van der Waals surface area contributed by atoms with Gasteiger partial charge in [-0.1, -0.05) is 6.07 Å². The first-order chi connectivity index (χ1) is 9.17. The van der Waals surface area contributed by atoms with Gasteiger partial charge in [0.2, 0.25) is 5.88 Å². The van der Waals surface area contributed by atoms with Crippen molar-refractivity contribution in [3.8, 4) is 5.88 Å². The molecule has 2 aromatic rings. The molecule has 1 fully saturated rings. The molecule has 98 valence electrons. The Labute approximate surface area is 109 Å². The molecule has 1 aromatic carbocycles. The van der Waals surface area contributed by atoms with Crippen LogP contribution in [0.1, 0.15) is 18.2 Å². The van der Waals surface area contributed by atoms with Crippen LogP contribution in [0, 0.1) is 5.82 Å². The molecule has 0 spiro atoms. The molecule has 4 nitrogen and oxygen atoms in total. The van der Waals surface area contributed by atoms with Gasteiger partial charge in [-0.25, -0.2) is 9.37 Å². The van der Waals surface area contributed by atoms with Gasteiger partial charge in [-0.2, -0.15) is 0 Å². The van der Waals surface area contributed by atoms with E-state index in [0.717, 1.165) is 5.39 Å². The van der Waals surface area contributed by atoms with Crippen LogP contribution in [0.25, 0.3) is 10.8 Å². The number of benzene rings is 1. The van der Waals surface area contributed by atoms with E-state index in [1.54, 1.807) is 12.1 Å². The quantitative estimate of drug-likeness (QED) is 0.833. The van der Waals surface area contributed by atoms with Crippen LogP contribution < -0.4 is 4.74 Å². The van der Waals surface area contributed by atoms with Gasteiger partial charge in [-0.05, 0) is 23.6 Å². The molecule has 1 unspecified atom stereocenters. The number of fused-ring (bicyclic) bond motifs is 1. The summed E-state index contributed by atoms with van der Waals surface area (Å²) < 4.78 is 23.8. The van der Waals surface area contributed by atoms with Gasteiger partial charge in [0.05, 0.1) is 12.8 Å². The standard InChI is InChI=1S/C14H12FNO3/c1-18-14-11-5-9(15)3-2-8(11)4-12(16-14)13-6-10(17)7-19-13/h2-5,13H,6-7H2,1H3. The molecule has 1 saturated heterocycles. The van der Waals surface area contributed by atoms with Crippen LogP contribution in [0.5, 0.6) is 5.88 Å². The minimum atomic E-state index is -0.340. The molecule has 0 saturated carbocycles. The van der Waals surface area contributed by atoms with Crippen molar-refractivity contribution >= 4 is 16.6 Å². The Morgan fingerprint density at radius 3 is 2.95 bits per heavy atom. The van der Waals surface area contributed by atoms with E-state index in [1.165, 1.54) is 19.2 Å². The second-order valence-corrected chi connectivity index (χ2v) is 4.46. The molecule has 0 bridgehead atoms. The molecule has 19 heavy (non-hydrogen) atoms. The number of nitrogens with zero attached hydrogens (tertiary/aromatic N) is 1. The fraction of sp³-hybridized carbons (Fsp3) is 0.286. The molecule has 1 aromatic heterocycles. The summed E-state index contributed by atoms with van der Waals surface area (Å²) in [6, 6.07) is 6.23. The van der Waals surface area contributed by atoms with Crippen LogP contribution in [0.3, 0.4) is 0 Å². The molecule has 0 N–H and O–H groups in total. The normalized spacial score (nSPS) is 19.1. The predicted octanol–water partition coefficient (Wildman–Crippen LogP) is 2.41. The summed E-state index contributed by atoms with van der Waals surface area (Å²) in [6.45, 7) is 0.121. The Morgan fingerprint density at radius 1 is 1.42 bits per heavy atom. The molecule has 3 rings (SSSR count). The van der Waals surface area contributed by atoms with Crippen LogP contribution in [0.15, 0.2) is 24.3 Å². The van der Waals surface area contributed by atoms with E-state index in [2.05, 4.69) is 4.98 Å². The third-order valence-corrected chi connectivity index (χ3v) is 3.16. The zero-order valence-electron chi connectivity index (χ0n) is 10.4. The van der Waals surface area contributed by atoms with Crippen LogP contribution in [-0.4, -0.2) is 24.5 Å². The largest absolute Gasteiger partial charge is 0.481 e. The van der Waals surface area contributed by atoms with Crippen molar-refractivity contribution in [1.82, 2.24) is 4.98 Å². The summed E-state index contributed by atoms with van der Waals surface area (Å²) in [6.07, 6.45) is -0.0149. The zero-order valence-corrected chi connectivity index (χ0v) is 10.4. The molecule has 2 heterocycles. The van der Waals surface area contributed by atoms with Gasteiger partial charge in [-0.15, -0.1) is 0 Å². The molecule has 5 heteroatoms. The molecule has 1 aliphatic heterocycles. The topological polar surface area (TPSA) is 48.4 Å². The second kappa shape index (κ2) is 4.59. The minimum absolute atomic E-state index is 0.0602. The average molecular weight is 261 g/mol. The van der Waals surface area contributed by atoms with Crippen molar-refractivity contribution < 1.29 is 18.7 Å². The summed E-state index contributed by atoms with van der Waals surface area (Å²) in [7, 11) is 1.48. The molecule has 0 radical (unpaired) electrons. The van der Waals surface area contributed by atoms with Gasteiger partial charge in [0.1, 0.15) is 18.5 Å². The van der Waals surface area contributed by atoms with Gasteiger partial charge in [0.15, 0.2) is 5.78 Å². The molecular formula is C14H12FNO3. The maximum absolute atomic E-state index is 13.3. The molecule has 0 aliphatic carbocycles. The van der Waals surface area contributed by atoms with E-state index in [4.69, 9.17) is 9.47 Å². The Kier molecular flexibility index (Phi) is 2.91. The number of hydrogen-bond acceptors (Lipinski definition) is 4. The van der Waals surface area contributed by atoms with Gasteiger partial charge >= 0.3 is 0 Å². The van der Waals surface area contributed by atoms with E-state index in [-0.39, 0.29) is 24.3 Å². The smallest absolute Gasteiger partial charge is 0.221 e. The molecule has 0 amide bonds. The Hall–Kier alpha value is -2.01. The van der Waals surface area contributed by atoms with E-state index < -0.39 is 0 Å². The van der Waals surface area contributed by atoms with Crippen LogP contribution >= 0.6 is 0 Å². The predicted molar refractivity (Wildman–Crippen MR) is 66.6 cm³/mol. The maximum atomic E-state index is 13.3. The number of rotatable bonds is 2. The lowest BCUT2D eigenvalue weighted by atomic mass is 10.1. The minimum Gasteiger partial charge on any atom is -0.481 e. The van der Waals surface area contributed by atoms with Gasteiger partial charge < -0.3 is 9.47 Å². The number of aromatic nitrogens is 1. The van der Waals surface area contributed by atoms with E-state index in [9.17, 15) is 9.18 Å². The number of methoxy groups -OCH3 is 1. The Balaban J connectivity index is 2.12. The summed E-state index contributed by atoms with van der Waals surface area (Å²) in [5, 5.41) is 1.42. The maximum Gasteiger partial charge on any atom is 0.221 e. The number of ether oxygens (including phenoxy) is 2. The lowest BCUT2D eigenvalue weighted by Crippen LogP contribution is -2.02. The number of carbonyl (C=O) groups is 1. The molecule has 1 aliphatic rings. The monoisotopic (exact) mass is 261 g/mol. The number of ketones is 1. The number of halogens is 1. The number of Topliss-reactive ketones (excluding diaryl/α,β-unsaturated/α-hetero) is 1. The van der Waals surface area contributed by atoms with Crippen LogP contribution in [0.2, 0.25) is 0 Å². The van der Waals surface area contributed by atoms with E-state index >= 15 is 0 Å². The van der Waals surface area contributed by atoms with Crippen molar-refractivity contribution in [2.24, 2.45) is 0 Å². The lowest BCUT2D eigenvalue weighted by molar-refractivity contribution is -0.117. The second-order valence-electron chi connectivity index (χ2n) is 4.46. The molecule has 1 atom stereocenters. The highest BCUT2D eigenvalue weighted by molar-refractivity contribution is 5.88. The first-order valence-electron chi connectivity index (χ1n) is 5.95. The summed E-state index contributed by atoms with van der Waals surface area (Å²) >= 11 is 0. The van der Waals surface area contributed by atoms with Crippen molar-refractivity contribution in [2.45, 2.75) is 12.5 Å². The van der Waals surface area contributed by atoms with Crippen molar-refractivity contribution in [3.05, 3.63) is 35.8 Å².